The van der Waals surface area contributed by atoms with Crippen LogP contribution in [-0.2, 0) is 5.41 Å². The van der Waals surface area contributed by atoms with E-state index in [9.17, 15) is 0 Å². The molecule has 0 radical (unpaired) electrons. The van der Waals surface area contributed by atoms with Gasteiger partial charge in [-0.1, -0.05) is 66.7 Å². The molecule has 1 heteroatoms. The van der Waals surface area contributed by atoms with Gasteiger partial charge in [0, 0.05) is 15.5 Å². The van der Waals surface area contributed by atoms with Gasteiger partial charge in [-0.25, -0.2) is 0 Å². The van der Waals surface area contributed by atoms with Crippen molar-refractivity contribution in [2.45, 2.75) is 26.2 Å². The standard InChI is InChI=1S/C16H17Br/c1-5-8-11-12(6-2)16(3,4)13-9-7-10-14(17)15(11)13/h5-10H,1H2,2-4H3/b11-8+,12-6+. The van der Waals surface area contributed by atoms with Crippen molar-refractivity contribution in [3.05, 3.63) is 64.2 Å². The normalized spacial score (nSPS) is 21.9. The van der Waals surface area contributed by atoms with E-state index in [2.05, 4.69) is 73.6 Å². The van der Waals surface area contributed by atoms with Crippen LogP contribution in [0.15, 0.2) is 53.1 Å². The maximum Gasteiger partial charge on any atom is 0.0256 e. The molecule has 0 saturated carbocycles. The van der Waals surface area contributed by atoms with Crippen LogP contribution in [-0.4, -0.2) is 0 Å². The minimum atomic E-state index is 0.0721. The predicted octanol–water partition coefficient (Wildman–Crippen LogP) is 5.26. The van der Waals surface area contributed by atoms with Gasteiger partial charge >= 0.3 is 0 Å². The van der Waals surface area contributed by atoms with Crippen LogP contribution in [0.1, 0.15) is 31.9 Å². The third kappa shape index (κ3) is 1.73. The summed E-state index contributed by atoms with van der Waals surface area (Å²) in [5, 5.41) is 0. The highest BCUT2D eigenvalue weighted by Crippen LogP contribution is 2.51. The second-order valence-corrected chi connectivity index (χ2v) is 5.66. The number of rotatable bonds is 1. The Labute approximate surface area is 112 Å². The quantitative estimate of drug-likeness (QED) is 0.662. The van der Waals surface area contributed by atoms with Crippen molar-refractivity contribution in [2.75, 3.05) is 0 Å². The first kappa shape index (κ1) is 12.4. The highest BCUT2D eigenvalue weighted by molar-refractivity contribution is 9.10. The van der Waals surface area contributed by atoms with Gasteiger partial charge in [-0.15, -0.1) is 0 Å². The molecule has 0 spiro atoms. The first-order valence-corrected chi connectivity index (χ1v) is 6.62. The molecule has 1 aliphatic rings. The molecule has 1 aliphatic carbocycles. The highest BCUT2D eigenvalue weighted by atomic mass is 79.9. The zero-order valence-electron chi connectivity index (χ0n) is 10.5. The Kier molecular flexibility index (Phi) is 3.13. The van der Waals surface area contributed by atoms with Crippen LogP contribution >= 0.6 is 15.9 Å². The molecule has 1 aromatic rings. The van der Waals surface area contributed by atoms with Gasteiger partial charge in [0.2, 0.25) is 0 Å². The Morgan fingerprint density at radius 3 is 2.59 bits per heavy atom. The topological polar surface area (TPSA) is 0 Å². The summed E-state index contributed by atoms with van der Waals surface area (Å²) >= 11 is 3.66. The molecule has 1 aromatic carbocycles. The van der Waals surface area contributed by atoms with Gasteiger partial charge in [0.15, 0.2) is 0 Å². The Balaban J connectivity index is 2.83. The van der Waals surface area contributed by atoms with Gasteiger partial charge in [-0.3, -0.25) is 0 Å². The van der Waals surface area contributed by atoms with E-state index < -0.39 is 0 Å². The third-order valence-corrected chi connectivity index (χ3v) is 4.15. The number of halogens is 1. The van der Waals surface area contributed by atoms with Gasteiger partial charge in [0.05, 0.1) is 0 Å². The number of hydrogen-bond acceptors (Lipinski definition) is 0. The number of benzene rings is 1. The second kappa shape index (κ2) is 4.30. The minimum Gasteiger partial charge on any atom is -0.0990 e. The fourth-order valence-electron chi connectivity index (χ4n) is 2.74. The fraction of sp³-hybridized carbons (Fsp3) is 0.250. The van der Waals surface area contributed by atoms with Crippen molar-refractivity contribution < 1.29 is 0 Å². The number of allylic oxidation sites excluding steroid dienone is 5. The van der Waals surface area contributed by atoms with Crippen LogP contribution in [0.3, 0.4) is 0 Å². The van der Waals surface area contributed by atoms with Crippen LogP contribution in [0.25, 0.3) is 5.57 Å². The van der Waals surface area contributed by atoms with Crippen LogP contribution in [0.5, 0.6) is 0 Å². The molecule has 0 amide bonds. The fourth-order valence-corrected chi connectivity index (χ4v) is 3.32. The summed E-state index contributed by atoms with van der Waals surface area (Å²) in [6.45, 7) is 10.5. The largest absolute Gasteiger partial charge is 0.0990 e. The van der Waals surface area contributed by atoms with Crippen molar-refractivity contribution in [2.24, 2.45) is 0 Å². The molecule has 0 atom stereocenters. The summed E-state index contributed by atoms with van der Waals surface area (Å²) in [4.78, 5) is 0. The van der Waals surface area contributed by atoms with Crippen molar-refractivity contribution in [1.29, 1.82) is 0 Å². The Hall–Kier alpha value is -1.08. The predicted molar refractivity (Wildman–Crippen MR) is 79.1 cm³/mol. The van der Waals surface area contributed by atoms with Crippen LogP contribution in [0.2, 0.25) is 0 Å². The summed E-state index contributed by atoms with van der Waals surface area (Å²) in [6, 6.07) is 6.42. The van der Waals surface area contributed by atoms with Gasteiger partial charge in [-0.2, -0.15) is 0 Å². The summed E-state index contributed by atoms with van der Waals surface area (Å²) in [5.41, 5.74) is 5.43. The first-order valence-electron chi connectivity index (χ1n) is 5.83. The van der Waals surface area contributed by atoms with Crippen molar-refractivity contribution in [1.82, 2.24) is 0 Å². The lowest BCUT2D eigenvalue weighted by Crippen LogP contribution is -2.14. The number of hydrogen-bond donors (Lipinski definition) is 0. The minimum absolute atomic E-state index is 0.0721. The summed E-state index contributed by atoms with van der Waals surface area (Å²) in [7, 11) is 0. The number of fused-ring (bicyclic) bond motifs is 1. The van der Waals surface area contributed by atoms with E-state index in [-0.39, 0.29) is 5.41 Å². The second-order valence-electron chi connectivity index (χ2n) is 4.81. The average Bonchev–Trinajstić information content (AvgIpc) is 2.49. The maximum absolute atomic E-state index is 3.82. The zero-order chi connectivity index (χ0) is 12.6. The lowest BCUT2D eigenvalue weighted by atomic mass is 9.82. The first-order chi connectivity index (χ1) is 8.04. The summed E-state index contributed by atoms with van der Waals surface area (Å²) < 4.78 is 1.16. The monoisotopic (exact) mass is 288 g/mol. The van der Waals surface area contributed by atoms with Crippen molar-refractivity contribution >= 4 is 21.5 Å². The lowest BCUT2D eigenvalue weighted by molar-refractivity contribution is 0.659. The summed E-state index contributed by atoms with van der Waals surface area (Å²) in [6.07, 6.45) is 6.18. The van der Waals surface area contributed by atoms with Gasteiger partial charge < -0.3 is 0 Å². The molecule has 88 valence electrons. The molecule has 0 bridgehead atoms. The molecule has 0 nitrogen and oxygen atoms in total. The Morgan fingerprint density at radius 1 is 1.29 bits per heavy atom. The molecular formula is C16H17Br. The van der Waals surface area contributed by atoms with Crippen LogP contribution in [0.4, 0.5) is 0 Å². The zero-order valence-corrected chi connectivity index (χ0v) is 12.1. The van der Waals surface area contributed by atoms with Crippen LogP contribution in [0, 0.1) is 0 Å². The molecule has 0 aromatic heterocycles. The smallest absolute Gasteiger partial charge is 0.0256 e. The molecular weight excluding hydrogens is 272 g/mol. The van der Waals surface area contributed by atoms with Crippen molar-refractivity contribution in [3.8, 4) is 0 Å². The van der Waals surface area contributed by atoms with E-state index in [0.717, 1.165) is 4.47 Å². The van der Waals surface area contributed by atoms with E-state index in [1.807, 2.05) is 6.08 Å². The van der Waals surface area contributed by atoms with Gasteiger partial charge in [-0.05, 0) is 29.7 Å². The molecule has 17 heavy (non-hydrogen) atoms. The molecule has 0 heterocycles. The maximum atomic E-state index is 3.82. The lowest BCUT2D eigenvalue weighted by Gasteiger charge is -2.21. The summed E-state index contributed by atoms with van der Waals surface area (Å²) in [5.74, 6) is 0. The highest BCUT2D eigenvalue weighted by Gasteiger charge is 2.38. The van der Waals surface area contributed by atoms with E-state index in [1.54, 1.807) is 0 Å². The molecule has 0 saturated heterocycles. The SMILES string of the molecule is C=C/C=C1\C(=C/C)C(C)(C)c2cccc(Br)c21. The Morgan fingerprint density at radius 2 is 2.00 bits per heavy atom. The van der Waals surface area contributed by atoms with Crippen molar-refractivity contribution in [3.63, 3.8) is 0 Å². The molecule has 0 aliphatic heterocycles. The van der Waals surface area contributed by atoms with Gasteiger partial charge in [0.25, 0.3) is 0 Å². The van der Waals surface area contributed by atoms with E-state index in [0.29, 0.717) is 0 Å². The third-order valence-electron chi connectivity index (χ3n) is 3.49. The molecule has 0 unspecified atom stereocenters. The van der Waals surface area contributed by atoms with E-state index in [4.69, 9.17) is 0 Å². The Bertz CT molecular complexity index is 530. The molecule has 0 fully saturated rings. The molecule has 2 rings (SSSR count). The average molecular weight is 289 g/mol. The van der Waals surface area contributed by atoms with Gasteiger partial charge in [0.1, 0.15) is 0 Å². The van der Waals surface area contributed by atoms with E-state index in [1.165, 1.54) is 22.3 Å². The molecule has 0 N–H and O–H groups in total. The van der Waals surface area contributed by atoms with E-state index >= 15 is 0 Å². The van der Waals surface area contributed by atoms with Crippen LogP contribution < -0.4 is 0 Å².